The number of primary amides is 1. The van der Waals surface area contributed by atoms with Crippen LogP contribution < -0.4 is 5.73 Å². The lowest BCUT2D eigenvalue weighted by Crippen LogP contribution is -2.30. The number of hydrogen-bond donors (Lipinski definition) is 1. The van der Waals surface area contributed by atoms with Gasteiger partial charge in [0.2, 0.25) is 0 Å². The first-order chi connectivity index (χ1) is 11.5. The van der Waals surface area contributed by atoms with Gasteiger partial charge in [0.25, 0.3) is 5.91 Å². The number of hydrogen-bond acceptors (Lipinski definition) is 5. The van der Waals surface area contributed by atoms with Crippen LogP contribution in [0.3, 0.4) is 0 Å². The average molecular weight is 361 g/mol. The molecule has 1 amide bonds. The van der Waals surface area contributed by atoms with Crippen LogP contribution in [-0.4, -0.2) is 23.0 Å². The van der Waals surface area contributed by atoms with E-state index in [1.54, 1.807) is 24.3 Å². The van der Waals surface area contributed by atoms with Gasteiger partial charge in [0.15, 0.2) is 6.10 Å². The summed E-state index contributed by atoms with van der Waals surface area (Å²) in [6.07, 6.45) is -1.01. The summed E-state index contributed by atoms with van der Waals surface area (Å²) >= 11 is 7.35. The van der Waals surface area contributed by atoms with Crippen molar-refractivity contribution in [3.8, 4) is 10.6 Å². The molecule has 0 radical (unpaired) electrons. The van der Waals surface area contributed by atoms with Gasteiger partial charge in [-0.05, 0) is 31.2 Å². The zero-order valence-corrected chi connectivity index (χ0v) is 14.2. The van der Waals surface area contributed by atoms with Gasteiger partial charge in [0.1, 0.15) is 0 Å². The number of amides is 1. The largest absolute Gasteiger partial charge is 0.449 e. The molecule has 7 heteroatoms. The monoisotopic (exact) mass is 360 g/mol. The molecule has 0 spiro atoms. The third kappa shape index (κ3) is 3.25. The number of halogens is 1. The molecule has 3 rings (SSSR count). The fourth-order valence-corrected chi connectivity index (χ4v) is 3.21. The van der Waals surface area contributed by atoms with E-state index in [0.29, 0.717) is 26.5 Å². The van der Waals surface area contributed by atoms with Gasteiger partial charge in [-0.2, -0.15) is 0 Å². The maximum absolute atomic E-state index is 12.5. The van der Waals surface area contributed by atoms with Crippen LogP contribution in [0.1, 0.15) is 17.3 Å². The molecule has 24 heavy (non-hydrogen) atoms. The van der Waals surface area contributed by atoms with Crippen LogP contribution in [0.2, 0.25) is 4.34 Å². The molecular weight excluding hydrogens is 348 g/mol. The molecule has 0 aliphatic rings. The fourth-order valence-electron chi connectivity index (χ4n) is 2.20. The van der Waals surface area contributed by atoms with Gasteiger partial charge in [0, 0.05) is 5.39 Å². The number of nitrogens with zero attached hydrogens (tertiary/aromatic N) is 1. The summed E-state index contributed by atoms with van der Waals surface area (Å²) in [5.41, 5.74) is 6.75. The standard InChI is InChI=1S/C17H13ClN2O3S/c1-9(16(19)21)23-17(22)11-8-13(14-6-7-15(18)24-14)20-12-5-3-2-4-10(11)12/h2-9H,1H3,(H2,19,21). The summed E-state index contributed by atoms with van der Waals surface area (Å²) in [5, 5.41) is 0.644. The highest BCUT2D eigenvalue weighted by molar-refractivity contribution is 7.19. The van der Waals surface area contributed by atoms with Gasteiger partial charge in [-0.15, -0.1) is 11.3 Å². The Bertz CT molecular complexity index is 938. The molecule has 2 aromatic heterocycles. The van der Waals surface area contributed by atoms with Crippen molar-refractivity contribution >= 4 is 45.7 Å². The molecule has 0 aliphatic heterocycles. The normalized spacial score (nSPS) is 12.1. The summed E-state index contributed by atoms with van der Waals surface area (Å²) in [6.45, 7) is 1.43. The number of carbonyl (C=O) groups excluding carboxylic acids is 2. The first-order valence-corrected chi connectivity index (χ1v) is 8.31. The molecule has 0 fully saturated rings. The number of aromatic nitrogens is 1. The van der Waals surface area contributed by atoms with Gasteiger partial charge < -0.3 is 10.5 Å². The Morgan fingerprint density at radius 2 is 2.00 bits per heavy atom. The highest BCUT2D eigenvalue weighted by Gasteiger charge is 2.20. The number of thiophene rings is 1. The van der Waals surface area contributed by atoms with E-state index < -0.39 is 18.0 Å². The Morgan fingerprint density at radius 1 is 1.25 bits per heavy atom. The van der Waals surface area contributed by atoms with Gasteiger partial charge in [-0.25, -0.2) is 9.78 Å². The second-order valence-corrected chi connectivity index (χ2v) is 6.84. The van der Waals surface area contributed by atoms with Crippen molar-refractivity contribution in [2.24, 2.45) is 5.73 Å². The lowest BCUT2D eigenvalue weighted by atomic mass is 10.1. The van der Waals surface area contributed by atoms with Crippen molar-refractivity contribution < 1.29 is 14.3 Å². The van der Waals surface area contributed by atoms with E-state index in [1.165, 1.54) is 18.3 Å². The summed E-state index contributed by atoms with van der Waals surface area (Å²) in [5.74, 6) is -1.32. The third-order valence-corrected chi connectivity index (χ3v) is 4.70. The Hall–Kier alpha value is -2.44. The van der Waals surface area contributed by atoms with Crippen LogP contribution in [0.4, 0.5) is 0 Å². The topological polar surface area (TPSA) is 82.3 Å². The first-order valence-electron chi connectivity index (χ1n) is 7.11. The van der Waals surface area contributed by atoms with E-state index in [-0.39, 0.29) is 0 Å². The number of para-hydroxylation sites is 1. The lowest BCUT2D eigenvalue weighted by Gasteiger charge is -2.12. The molecule has 1 atom stereocenters. The zero-order valence-electron chi connectivity index (χ0n) is 12.7. The van der Waals surface area contributed by atoms with Gasteiger partial charge in [-0.3, -0.25) is 4.79 Å². The smallest absolute Gasteiger partial charge is 0.339 e. The summed E-state index contributed by atoms with van der Waals surface area (Å²) in [6, 6.07) is 12.5. The quantitative estimate of drug-likeness (QED) is 0.720. The van der Waals surface area contributed by atoms with Gasteiger partial charge in [0.05, 0.1) is 26.0 Å². The van der Waals surface area contributed by atoms with Gasteiger partial charge >= 0.3 is 5.97 Å². The minimum absolute atomic E-state index is 0.327. The first kappa shape index (κ1) is 16.4. The van der Waals surface area contributed by atoms with Crippen molar-refractivity contribution in [3.05, 3.63) is 52.4 Å². The maximum Gasteiger partial charge on any atom is 0.339 e. The number of fused-ring (bicyclic) bond motifs is 1. The molecule has 2 N–H and O–H groups in total. The number of rotatable bonds is 4. The number of carbonyl (C=O) groups is 2. The van der Waals surface area contributed by atoms with E-state index in [4.69, 9.17) is 22.1 Å². The van der Waals surface area contributed by atoms with Crippen LogP contribution in [0.25, 0.3) is 21.5 Å². The van der Waals surface area contributed by atoms with Crippen molar-refractivity contribution in [1.82, 2.24) is 4.98 Å². The average Bonchev–Trinajstić information content (AvgIpc) is 3.00. The van der Waals surface area contributed by atoms with Crippen LogP contribution in [-0.2, 0) is 9.53 Å². The molecule has 3 aromatic rings. The molecule has 1 aromatic carbocycles. The Morgan fingerprint density at radius 3 is 2.67 bits per heavy atom. The number of benzene rings is 1. The molecule has 122 valence electrons. The Labute approximate surface area is 147 Å². The molecule has 5 nitrogen and oxygen atoms in total. The van der Waals surface area contributed by atoms with E-state index in [2.05, 4.69) is 4.98 Å². The molecule has 0 bridgehead atoms. The molecule has 1 unspecified atom stereocenters. The second-order valence-electron chi connectivity index (χ2n) is 5.13. The van der Waals surface area contributed by atoms with Crippen LogP contribution in [0.15, 0.2) is 42.5 Å². The molecule has 0 saturated heterocycles. The summed E-state index contributed by atoms with van der Waals surface area (Å²) in [7, 11) is 0. The minimum Gasteiger partial charge on any atom is -0.449 e. The number of nitrogens with two attached hydrogens (primary N) is 1. The van der Waals surface area contributed by atoms with E-state index in [0.717, 1.165) is 4.88 Å². The number of ether oxygens (including phenoxy) is 1. The Balaban J connectivity index is 2.11. The fraction of sp³-hybridized carbons (Fsp3) is 0.118. The zero-order chi connectivity index (χ0) is 17.3. The third-order valence-electron chi connectivity index (χ3n) is 3.45. The molecule has 0 saturated carbocycles. The number of esters is 1. The highest BCUT2D eigenvalue weighted by atomic mass is 35.5. The molecule has 0 aliphatic carbocycles. The summed E-state index contributed by atoms with van der Waals surface area (Å²) in [4.78, 5) is 29.0. The van der Waals surface area contributed by atoms with Gasteiger partial charge in [-0.1, -0.05) is 29.8 Å². The highest BCUT2D eigenvalue weighted by Crippen LogP contribution is 2.32. The SMILES string of the molecule is CC(OC(=O)c1cc(-c2ccc(Cl)s2)nc2ccccc12)C(N)=O. The molecule has 2 heterocycles. The number of pyridine rings is 1. The van der Waals surface area contributed by atoms with Crippen molar-refractivity contribution in [3.63, 3.8) is 0 Å². The predicted molar refractivity (Wildman–Crippen MR) is 94.1 cm³/mol. The predicted octanol–water partition coefficient (Wildman–Crippen LogP) is 3.65. The maximum atomic E-state index is 12.5. The molecular formula is C17H13ClN2O3S. The van der Waals surface area contributed by atoms with Crippen LogP contribution >= 0.6 is 22.9 Å². The van der Waals surface area contributed by atoms with Crippen LogP contribution in [0, 0.1) is 0 Å². The van der Waals surface area contributed by atoms with Crippen LogP contribution in [0.5, 0.6) is 0 Å². The van der Waals surface area contributed by atoms with Crippen molar-refractivity contribution in [1.29, 1.82) is 0 Å². The van der Waals surface area contributed by atoms with E-state index in [9.17, 15) is 9.59 Å². The second kappa shape index (κ2) is 6.59. The minimum atomic E-state index is -1.01. The van der Waals surface area contributed by atoms with E-state index >= 15 is 0 Å². The van der Waals surface area contributed by atoms with Crippen molar-refractivity contribution in [2.75, 3.05) is 0 Å². The van der Waals surface area contributed by atoms with Crippen molar-refractivity contribution in [2.45, 2.75) is 13.0 Å². The van der Waals surface area contributed by atoms with E-state index in [1.807, 2.05) is 18.2 Å². The Kier molecular flexibility index (Phi) is 4.51. The lowest BCUT2D eigenvalue weighted by molar-refractivity contribution is -0.125. The summed E-state index contributed by atoms with van der Waals surface area (Å²) < 4.78 is 5.77.